The van der Waals surface area contributed by atoms with Gasteiger partial charge >= 0.3 is 0 Å². The van der Waals surface area contributed by atoms with Crippen molar-refractivity contribution in [3.05, 3.63) is 93.2 Å². The lowest BCUT2D eigenvalue weighted by Gasteiger charge is -2.17. The summed E-state index contributed by atoms with van der Waals surface area (Å²) in [4.78, 5) is 31.1. The molecule has 1 N–H and O–H groups in total. The van der Waals surface area contributed by atoms with Crippen molar-refractivity contribution in [3.8, 4) is 11.4 Å². The molecule has 8 heteroatoms. The van der Waals surface area contributed by atoms with E-state index in [-0.39, 0.29) is 11.5 Å². The van der Waals surface area contributed by atoms with Crippen molar-refractivity contribution < 1.29 is 9.53 Å². The fourth-order valence-electron chi connectivity index (χ4n) is 3.60. The SMILES string of the molecule is COc1ccccc1CNC(=O)C(C)Sc1nc2cc(Cl)ccc2c(=O)n1-c1cccc(C)c1. The molecular weight excluding hydrogens is 470 g/mol. The van der Waals surface area contributed by atoms with Gasteiger partial charge in [0, 0.05) is 17.1 Å². The maximum Gasteiger partial charge on any atom is 0.266 e. The molecule has 1 unspecified atom stereocenters. The van der Waals surface area contributed by atoms with E-state index in [1.165, 1.54) is 11.8 Å². The first-order valence-corrected chi connectivity index (χ1v) is 12.0. The van der Waals surface area contributed by atoms with Gasteiger partial charge in [-0.2, -0.15) is 0 Å². The Labute approximate surface area is 206 Å². The van der Waals surface area contributed by atoms with E-state index in [0.29, 0.717) is 39.1 Å². The van der Waals surface area contributed by atoms with E-state index in [9.17, 15) is 9.59 Å². The average molecular weight is 494 g/mol. The van der Waals surface area contributed by atoms with Crippen molar-refractivity contribution >= 4 is 40.2 Å². The Balaban J connectivity index is 1.66. The lowest BCUT2D eigenvalue weighted by Crippen LogP contribution is -2.31. The van der Waals surface area contributed by atoms with Crippen molar-refractivity contribution in [3.63, 3.8) is 0 Å². The molecule has 0 aliphatic rings. The number of hydrogen-bond donors (Lipinski definition) is 1. The first-order valence-electron chi connectivity index (χ1n) is 10.7. The summed E-state index contributed by atoms with van der Waals surface area (Å²) in [5.41, 5.74) is 2.87. The number of nitrogens with one attached hydrogen (secondary N) is 1. The van der Waals surface area contributed by atoms with E-state index < -0.39 is 5.25 Å². The highest BCUT2D eigenvalue weighted by Crippen LogP contribution is 2.27. The molecule has 0 aliphatic heterocycles. The molecule has 174 valence electrons. The number of amides is 1. The zero-order valence-electron chi connectivity index (χ0n) is 19.0. The molecule has 3 aromatic carbocycles. The van der Waals surface area contributed by atoms with Crippen LogP contribution in [0, 0.1) is 6.92 Å². The molecule has 0 aliphatic carbocycles. The largest absolute Gasteiger partial charge is 0.496 e. The third-order valence-electron chi connectivity index (χ3n) is 5.36. The average Bonchev–Trinajstić information content (AvgIpc) is 2.82. The summed E-state index contributed by atoms with van der Waals surface area (Å²) < 4.78 is 6.91. The lowest BCUT2D eigenvalue weighted by atomic mass is 10.2. The second kappa shape index (κ2) is 10.3. The summed E-state index contributed by atoms with van der Waals surface area (Å²) >= 11 is 7.38. The smallest absolute Gasteiger partial charge is 0.266 e. The summed E-state index contributed by atoms with van der Waals surface area (Å²) in [5, 5.41) is 3.82. The van der Waals surface area contributed by atoms with Crippen LogP contribution in [0.25, 0.3) is 16.6 Å². The number of hydrogen-bond acceptors (Lipinski definition) is 5. The van der Waals surface area contributed by atoms with Gasteiger partial charge in [0.25, 0.3) is 5.56 Å². The standard InChI is InChI=1S/C26H24ClN3O3S/c1-16-7-6-9-20(13-16)30-25(32)21-12-11-19(27)14-22(21)29-26(30)34-17(2)24(31)28-15-18-8-4-5-10-23(18)33-3/h4-14,17H,15H2,1-3H3,(H,28,31). The van der Waals surface area contributed by atoms with Crippen LogP contribution in [-0.2, 0) is 11.3 Å². The molecule has 34 heavy (non-hydrogen) atoms. The quantitative estimate of drug-likeness (QED) is 0.284. The monoisotopic (exact) mass is 493 g/mol. The van der Waals surface area contributed by atoms with Crippen LogP contribution in [0.5, 0.6) is 5.75 Å². The number of carbonyl (C=O) groups excluding carboxylic acids is 1. The van der Waals surface area contributed by atoms with Crippen molar-refractivity contribution in [2.24, 2.45) is 0 Å². The first-order chi connectivity index (χ1) is 16.4. The normalized spacial score (nSPS) is 11.9. The number of ether oxygens (including phenoxy) is 1. The first kappa shape index (κ1) is 23.9. The van der Waals surface area contributed by atoms with Crippen LogP contribution in [0.3, 0.4) is 0 Å². The molecule has 1 amide bonds. The predicted molar refractivity (Wildman–Crippen MR) is 137 cm³/mol. The topological polar surface area (TPSA) is 73.2 Å². The molecule has 0 saturated heterocycles. The minimum atomic E-state index is -0.505. The summed E-state index contributed by atoms with van der Waals surface area (Å²) in [6.45, 7) is 4.08. The molecular formula is C26H24ClN3O3S. The summed E-state index contributed by atoms with van der Waals surface area (Å²) in [6.07, 6.45) is 0. The Bertz CT molecular complexity index is 1420. The van der Waals surface area contributed by atoms with E-state index in [1.54, 1.807) is 36.8 Å². The van der Waals surface area contributed by atoms with Gasteiger partial charge in [0.1, 0.15) is 5.75 Å². The van der Waals surface area contributed by atoms with Gasteiger partial charge in [0.2, 0.25) is 5.91 Å². The molecule has 0 saturated carbocycles. The van der Waals surface area contributed by atoms with Gasteiger partial charge in [0.05, 0.1) is 29.0 Å². The number of aryl methyl sites for hydroxylation is 1. The fraction of sp³-hybridized carbons (Fsp3) is 0.192. The van der Waals surface area contributed by atoms with E-state index >= 15 is 0 Å². The van der Waals surface area contributed by atoms with Gasteiger partial charge in [0.15, 0.2) is 5.16 Å². The van der Waals surface area contributed by atoms with Gasteiger partial charge in [-0.15, -0.1) is 0 Å². The Morgan fingerprint density at radius 3 is 2.71 bits per heavy atom. The van der Waals surface area contributed by atoms with Crippen molar-refractivity contribution in [1.29, 1.82) is 0 Å². The number of fused-ring (bicyclic) bond motifs is 1. The number of methoxy groups -OCH3 is 1. The molecule has 4 aromatic rings. The molecule has 4 rings (SSSR count). The molecule has 0 fully saturated rings. The maximum absolute atomic E-state index is 13.5. The number of para-hydroxylation sites is 1. The Morgan fingerprint density at radius 1 is 1.15 bits per heavy atom. The molecule has 0 bridgehead atoms. The van der Waals surface area contributed by atoms with E-state index in [1.807, 2.05) is 55.5 Å². The molecule has 0 spiro atoms. The number of thioether (sulfide) groups is 1. The van der Waals surface area contributed by atoms with Gasteiger partial charge in [-0.25, -0.2) is 4.98 Å². The summed E-state index contributed by atoms with van der Waals surface area (Å²) in [5.74, 6) is 0.539. The van der Waals surface area contributed by atoms with Crippen LogP contribution in [0.1, 0.15) is 18.1 Å². The van der Waals surface area contributed by atoms with Crippen LogP contribution in [-0.4, -0.2) is 27.8 Å². The number of rotatable bonds is 7. The Hall–Kier alpha value is -3.29. The summed E-state index contributed by atoms with van der Waals surface area (Å²) in [7, 11) is 1.60. The number of benzene rings is 3. The minimum absolute atomic E-state index is 0.174. The molecule has 0 radical (unpaired) electrons. The second-order valence-corrected chi connectivity index (χ2v) is 9.57. The third kappa shape index (κ3) is 5.11. The third-order valence-corrected chi connectivity index (χ3v) is 6.64. The number of aromatic nitrogens is 2. The molecule has 1 aromatic heterocycles. The van der Waals surface area contributed by atoms with E-state index in [4.69, 9.17) is 21.3 Å². The zero-order valence-corrected chi connectivity index (χ0v) is 20.6. The van der Waals surface area contributed by atoms with E-state index in [2.05, 4.69) is 5.32 Å². The number of carbonyl (C=O) groups is 1. The van der Waals surface area contributed by atoms with Crippen LogP contribution in [0.15, 0.2) is 76.7 Å². The zero-order chi connectivity index (χ0) is 24.2. The Morgan fingerprint density at radius 2 is 1.94 bits per heavy atom. The number of halogens is 1. The van der Waals surface area contributed by atoms with E-state index in [0.717, 1.165) is 11.1 Å². The van der Waals surface area contributed by atoms with Crippen LogP contribution >= 0.6 is 23.4 Å². The van der Waals surface area contributed by atoms with Crippen molar-refractivity contribution in [1.82, 2.24) is 14.9 Å². The number of nitrogens with zero attached hydrogens (tertiary/aromatic N) is 2. The van der Waals surface area contributed by atoms with Gasteiger partial charge < -0.3 is 10.1 Å². The highest BCUT2D eigenvalue weighted by molar-refractivity contribution is 8.00. The van der Waals surface area contributed by atoms with Crippen LogP contribution in [0.2, 0.25) is 5.02 Å². The van der Waals surface area contributed by atoms with Crippen LogP contribution < -0.4 is 15.6 Å². The van der Waals surface area contributed by atoms with Crippen LogP contribution in [0.4, 0.5) is 0 Å². The van der Waals surface area contributed by atoms with Gasteiger partial charge in [-0.3, -0.25) is 14.2 Å². The highest BCUT2D eigenvalue weighted by atomic mass is 35.5. The predicted octanol–water partition coefficient (Wildman–Crippen LogP) is 5.15. The fourth-order valence-corrected chi connectivity index (χ4v) is 4.72. The molecule has 1 heterocycles. The minimum Gasteiger partial charge on any atom is -0.496 e. The lowest BCUT2D eigenvalue weighted by molar-refractivity contribution is -0.120. The molecule has 1 atom stereocenters. The summed E-state index contributed by atoms with van der Waals surface area (Å²) in [6, 6.07) is 20.2. The van der Waals surface area contributed by atoms with Crippen molar-refractivity contribution in [2.45, 2.75) is 30.8 Å². The van der Waals surface area contributed by atoms with Gasteiger partial charge in [-0.05, 0) is 55.8 Å². The maximum atomic E-state index is 13.5. The highest BCUT2D eigenvalue weighted by Gasteiger charge is 2.21. The second-order valence-electron chi connectivity index (χ2n) is 7.83. The molecule has 6 nitrogen and oxygen atoms in total. The Kier molecular flexibility index (Phi) is 7.24. The van der Waals surface area contributed by atoms with Gasteiger partial charge in [-0.1, -0.05) is 53.7 Å². The van der Waals surface area contributed by atoms with Crippen molar-refractivity contribution in [2.75, 3.05) is 7.11 Å².